The number of hydrogen-bond donors (Lipinski definition) is 1. The van der Waals surface area contributed by atoms with E-state index in [0.29, 0.717) is 11.1 Å². The molecule has 1 N–H and O–H groups in total. The maximum atomic E-state index is 12.6. The Morgan fingerprint density at radius 2 is 1.61 bits per heavy atom. The Morgan fingerprint density at radius 3 is 2.25 bits per heavy atom. The fraction of sp³-hybridized carbons (Fsp3) is 0.100. The van der Waals surface area contributed by atoms with E-state index in [0.717, 1.165) is 9.60 Å². The highest BCUT2D eigenvalue weighted by Gasteiger charge is 2.36. The van der Waals surface area contributed by atoms with E-state index in [1.54, 1.807) is 36.4 Å². The maximum Gasteiger partial charge on any atom is 0.350 e. The summed E-state index contributed by atoms with van der Waals surface area (Å²) < 4.78 is 5.60. The van der Waals surface area contributed by atoms with Crippen molar-refractivity contribution in [3.8, 4) is 0 Å². The predicted octanol–water partition coefficient (Wildman–Crippen LogP) is 2.92. The van der Waals surface area contributed by atoms with Gasteiger partial charge in [-0.1, -0.05) is 30.3 Å². The topological polar surface area (TPSA) is 92.8 Å². The number of thiophene rings is 1. The monoisotopic (exact) mass is 394 g/mol. The summed E-state index contributed by atoms with van der Waals surface area (Å²) in [5, 5.41) is 3.35. The summed E-state index contributed by atoms with van der Waals surface area (Å²) in [7, 11) is 1.26. The average Bonchev–Trinajstić information content (AvgIpc) is 3.19. The molecule has 0 spiro atoms. The van der Waals surface area contributed by atoms with E-state index in [2.05, 4.69) is 5.32 Å². The molecule has 4 rings (SSSR count). The van der Waals surface area contributed by atoms with E-state index in [9.17, 15) is 19.2 Å². The van der Waals surface area contributed by atoms with E-state index in [1.807, 2.05) is 12.1 Å². The van der Waals surface area contributed by atoms with Crippen molar-refractivity contribution < 1.29 is 23.9 Å². The van der Waals surface area contributed by atoms with Crippen molar-refractivity contribution in [1.29, 1.82) is 0 Å². The fourth-order valence-corrected chi connectivity index (χ4v) is 4.19. The van der Waals surface area contributed by atoms with E-state index in [-0.39, 0.29) is 16.0 Å². The fourth-order valence-electron chi connectivity index (χ4n) is 3.11. The van der Waals surface area contributed by atoms with Gasteiger partial charge in [0.2, 0.25) is 5.91 Å². The number of carbonyl (C=O) groups excluding carboxylic acids is 4. The molecule has 0 aliphatic carbocycles. The van der Waals surface area contributed by atoms with Crippen LogP contribution in [0.25, 0.3) is 10.1 Å². The SMILES string of the molecule is COC(=O)c1sc2ccccc2c1NC(=O)CN1C(=O)c2ccccc2C1=O. The number of hydrogen-bond acceptors (Lipinski definition) is 6. The molecule has 0 fully saturated rings. The van der Waals surface area contributed by atoms with Gasteiger partial charge in [0.05, 0.1) is 23.9 Å². The van der Waals surface area contributed by atoms with Crippen molar-refractivity contribution in [1.82, 2.24) is 4.90 Å². The second-order valence-electron chi connectivity index (χ2n) is 6.08. The minimum atomic E-state index is -0.580. The first-order chi connectivity index (χ1) is 13.5. The van der Waals surface area contributed by atoms with Crippen LogP contribution in [0.1, 0.15) is 30.4 Å². The van der Waals surface area contributed by atoms with E-state index in [4.69, 9.17) is 4.74 Å². The van der Waals surface area contributed by atoms with Gasteiger partial charge in [0.1, 0.15) is 11.4 Å². The first-order valence-electron chi connectivity index (χ1n) is 8.36. The molecule has 28 heavy (non-hydrogen) atoms. The molecule has 2 heterocycles. The maximum absolute atomic E-state index is 12.6. The molecule has 0 radical (unpaired) electrons. The molecule has 0 unspecified atom stereocenters. The van der Waals surface area contributed by atoms with Gasteiger partial charge < -0.3 is 10.1 Å². The molecule has 1 aliphatic heterocycles. The normalized spacial score (nSPS) is 13.0. The molecule has 0 saturated heterocycles. The molecule has 140 valence electrons. The number of rotatable bonds is 4. The Morgan fingerprint density at radius 1 is 1.00 bits per heavy atom. The van der Waals surface area contributed by atoms with Gasteiger partial charge in [0.15, 0.2) is 0 Å². The summed E-state index contributed by atoms with van der Waals surface area (Å²) in [6.45, 7) is -0.447. The number of nitrogens with zero attached hydrogens (tertiary/aromatic N) is 1. The Bertz CT molecular complexity index is 1120. The lowest BCUT2D eigenvalue weighted by atomic mass is 10.1. The molecule has 3 amide bonds. The molecule has 3 aromatic rings. The predicted molar refractivity (Wildman–Crippen MR) is 104 cm³/mol. The summed E-state index contributed by atoms with van der Waals surface area (Å²) in [6.07, 6.45) is 0. The lowest BCUT2D eigenvalue weighted by molar-refractivity contribution is -0.116. The zero-order valence-corrected chi connectivity index (χ0v) is 15.5. The molecular formula is C20H14N2O5S. The number of methoxy groups -OCH3 is 1. The minimum Gasteiger partial charge on any atom is -0.465 e. The molecular weight excluding hydrogens is 380 g/mol. The van der Waals surface area contributed by atoms with Gasteiger partial charge in [0, 0.05) is 10.1 Å². The van der Waals surface area contributed by atoms with Crippen LogP contribution in [0.2, 0.25) is 0 Å². The Hall–Kier alpha value is -3.52. The minimum absolute atomic E-state index is 0.249. The van der Waals surface area contributed by atoms with Crippen LogP contribution in [0.15, 0.2) is 48.5 Å². The molecule has 0 atom stereocenters. The summed E-state index contributed by atoms with van der Waals surface area (Å²) in [6, 6.07) is 13.6. The number of benzene rings is 2. The van der Waals surface area contributed by atoms with Gasteiger partial charge in [-0.3, -0.25) is 19.3 Å². The highest BCUT2D eigenvalue weighted by Crippen LogP contribution is 2.36. The Labute approximate surface area is 163 Å². The van der Waals surface area contributed by atoms with Crippen LogP contribution in [0.5, 0.6) is 0 Å². The van der Waals surface area contributed by atoms with Crippen molar-refractivity contribution in [3.05, 3.63) is 64.5 Å². The number of carbonyl (C=O) groups is 4. The van der Waals surface area contributed by atoms with Crippen LogP contribution in [0, 0.1) is 0 Å². The van der Waals surface area contributed by atoms with Crippen LogP contribution in [0.3, 0.4) is 0 Å². The number of anilines is 1. The molecule has 7 nitrogen and oxygen atoms in total. The molecule has 1 aliphatic rings. The van der Waals surface area contributed by atoms with Crippen LogP contribution in [-0.4, -0.2) is 42.2 Å². The summed E-state index contributed by atoms with van der Waals surface area (Å²) in [5.74, 6) is -2.18. The third-order valence-corrected chi connectivity index (χ3v) is 5.56. The molecule has 1 aromatic heterocycles. The lowest BCUT2D eigenvalue weighted by Gasteiger charge is -2.14. The third kappa shape index (κ3) is 2.84. The first kappa shape index (κ1) is 17.9. The van der Waals surface area contributed by atoms with Gasteiger partial charge in [-0.25, -0.2) is 4.79 Å². The Kier molecular flexibility index (Phi) is 4.40. The van der Waals surface area contributed by atoms with Gasteiger partial charge in [-0.2, -0.15) is 0 Å². The standard InChI is InChI=1S/C20H14N2O5S/c1-27-20(26)17-16(13-8-4-5-9-14(13)28-17)21-15(23)10-22-18(24)11-6-2-3-7-12(11)19(22)25/h2-9H,10H2,1H3,(H,21,23). The second-order valence-corrected chi connectivity index (χ2v) is 7.14. The smallest absolute Gasteiger partial charge is 0.350 e. The van der Waals surface area contributed by atoms with Crippen LogP contribution >= 0.6 is 11.3 Å². The zero-order chi connectivity index (χ0) is 19.8. The van der Waals surface area contributed by atoms with E-state index >= 15 is 0 Å². The second kappa shape index (κ2) is 6.90. The molecule has 2 aromatic carbocycles. The molecule has 0 bridgehead atoms. The first-order valence-corrected chi connectivity index (χ1v) is 9.18. The van der Waals surface area contributed by atoms with Crippen LogP contribution in [0.4, 0.5) is 5.69 Å². The summed E-state index contributed by atoms with van der Waals surface area (Å²) in [4.78, 5) is 50.7. The summed E-state index contributed by atoms with van der Waals surface area (Å²) in [5.41, 5.74) is 0.863. The quantitative estimate of drug-likeness (QED) is 0.543. The van der Waals surface area contributed by atoms with Crippen molar-refractivity contribution >= 4 is 50.8 Å². The highest BCUT2D eigenvalue weighted by atomic mass is 32.1. The van der Waals surface area contributed by atoms with Crippen molar-refractivity contribution in [2.45, 2.75) is 0 Å². The van der Waals surface area contributed by atoms with Crippen LogP contribution < -0.4 is 5.32 Å². The third-order valence-electron chi connectivity index (χ3n) is 4.41. The van der Waals surface area contributed by atoms with Gasteiger partial charge >= 0.3 is 5.97 Å². The van der Waals surface area contributed by atoms with Gasteiger partial charge in [-0.05, 0) is 18.2 Å². The van der Waals surface area contributed by atoms with Gasteiger partial charge in [-0.15, -0.1) is 11.3 Å². The number of amides is 3. The van der Waals surface area contributed by atoms with Crippen molar-refractivity contribution in [2.24, 2.45) is 0 Å². The van der Waals surface area contributed by atoms with Crippen LogP contribution in [-0.2, 0) is 9.53 Å². The molecule has 0 saturated carbocycles. The Balaban J connectivity index is 1.61. The highest BCUT2D eigenvalue weighted by molar-refractivity contribution is 7.21. The number of nitrogens with one attached hydrogen (secondary N) is 1. The van der Waals surface area contributed by atoms with Crippen molar-refractivity contribution in [2.75, 3.05) is 19.0 Å². The molecule has 8 heteroatoms. The van der Waals surface area contributed by atoms with Gasteiger partial charge in [0.25, 0.3) is 11.8 Å². The number of esters is 1. The lowest BCUT2D eigenvalue weighted by Crippen LogP contribution is -2.37. The number of fused-ring (bicyclic) bond motifs is 2. The zero-order valence-electron chi connectivity index (χ0n) is 14.7. The average molecular weight is 394 g/mol. The summed E-state index contributed by atoms with van der Waals surface area (Å²) >= 11 is 1.20. The van der Waals surface area contributed by atoms with Crippen molar-refractivity contribution in [3.63, 3.8) is 0 Å². The number of ether oxygens (including phenoxy) is 1. The van der Waals surface area contributed by atoms with E-state index < -0.39 is 30.2 Å². The largest absolute Gasteiger partial charge is 0.465 e. The van der Waals surface area contributed by atoms with E-state index in [1.165, 1.54) is 18.4 Å². The number of imide groups is 1.